The highest BCUT2D eigenvalue weighted by molar-refractivity contribution is 6.14. The zero-order chi connectivity index (χ0) is 38.0. The zero-order valence-electron chi connectivity index (χ0n) is 31.6. The second-order valence-corrected chi connectivity index (χ2v) is 15.9. The van der Waals surface area contributed by atoms with Crippen LogP contribution in [-0.4, -0.2) is 4.57 Å². The maximum Gasteiger partial charge on any atom is 0.143 e. The van der Waals surface area contributed by atoms with Gasteiger partial charge in [-0.1, -0.05) is 170 Å². The fourth-order valence-corrected chi connectivity index (χ4v) is 10.7. The van der Waals surface area contributed by atoms with Crippen LogP contribution in [0, 0.1) is 0 Å². The molecule has 2 nitrogen and oxygen atoms in total. The Labute approximate surface area is 335 Å². The van der Waals surface area contributed by atoms with Crippen molar-refractivity contribution in [3.8, 4) is 44.5 Å². The summed E-state index contributed by atoms with van der Waals surface area (Å²) in [5.74, 6) is 0. The molecule has 13 rings (SSSR count). The van der Waals surface area contributed by atoms with Gasteiger partial charge in [0.2, 0.25) is 0 Å². The summed E-state index contributed by atoms with van der Waals surface area (Å²) in [6.45, 7) is 0.736. The van der Waals surface area contributed by atoms with E-state index < -0.39 is 5.41 Å². The molecule has 11 aromatic rings. The zero-order valence-corrected chi connectivity index (χ0v) is 31.6. The van der Waals surface area contributed by atoms with Crippen LogP contribution >= 0.6 is 0 Å². The first kappa shape index (κ1) is 31.7. The number of rotatable bonds is 4. The molecular formula is C56H35NO. The van der Waals surface area contributed by atoms with Gasteiger partial charge >= 0.3 is 0 Å². The molecule has 0 bridgehead atoms. The van der Waals surface area contributed by atoms with Crippen LogP contribution in [0.3, 0.4) is 0 Å². The van der Waals surface area contributed by atoms with E-state index in [0.29, 0.717) is 0 Å². The van der Waals surface area contributed by atoms with Gasteiger partial charge in [0.05, 0.1) is 5.41 Å². The number of benzene rings is 9. The molecule has 0 amide bonds. The molecule has 0 fully saturated rings. The molecule has 58 heavy (non-hydrogen) atoms. The molecule has 0 saturated carbocycles. The van der Waals surface area contributed by atoms with E-state index in [0.717, 1.165) is 23.1 Å². The minimum Gasteiger partial charge on any atom is -0.455 e. The average molecular weight is 738 g/mol. The Morgan fingerprint density at radius 1 is 0.379 bits per heavy atom. The molecular weight excluding hydrogens is 703 g/mol. The molecule has 270 valence electrons. The second-order valence-electron chi connectivity index (χ2n) is 15.9. The number of hydrogen-bond donors (Lipinski definition) is 0. The lowest BCUT2D eigenvalue weighted by atomic mass is 9.70. The summed E-state index contributed by atoms with van der Waals surface area (Å²) in [6, 6.07) is 73.8. The van der Waals surface area contributed by atoms with Gasteiger partial charge in [-0.15, -0.1) is 0 Å². The number of aromatic nitrogens is 1. The van der Waals surface area contributed by atoms with E-state index in [1.807, 2.05) is 0 Å². The molecule has 0 aliphatic heterocycles. The van der Waals surface area contributed by atoms with Crippen molar-refractivity contribution in [2.24, 2.45) is 0 Å². The molecule has 1 atom stereocenters. The Morgan fingerprint density at radius 3 is 1.60 bits per heavy atom. The largest absolute Gasteiger partial charge is 0.455 e. The van der Waals surface area contributed by atoms with Gasteiger partial charge in [-0.2, -0.15) is 0 Å². The van der Waals surface area contributed by atoms with E-state index in [1.54, 1.807) is 0 Å². The normalized spacial score (nSPS) is 15.0. The molecule has 2 aromatic heterocycles. The summed E-state index contributed by atoms with van der Waals surface area (Å²) in [6.07, 6.45) is 0. The summed E-state index contributed by atoms with van der Waals surface area (Å²) in [4.78, 5) is 0. The third-order valence-corrected chi connectivity index (χ3v) is 13.1. The molecule has 0 N–H and O–H groups in total. The van der Waals surface area contributed by atoms with Crippen LogP contribution in [0.5, 0.6) is 0 Å². The topological polar surface area (TPSA) is 18.1 Å². The quantitative estimate of drug-likeness (QED) is 0.176. The lowest BCUT2D eigenvalue weighted by molar-refractivity contribution is 0.669. The second kappa shape index (κ2) is 11.8. The van der Waals surface area contributed by atoms with E-state index in [-0.39, 0.29) is 0 Å². The number of hydrogen-bond acceptors (Lipinski definition) is 1. The highest BCUT2D eigenvalue weighted by Crippen LogP contribution is 2.64. The maximum absolute atomic E-state index is 6.78. The Bertz CT molecular complexity index is 3380. The van der Waals surface area contributed by atoms with E-state index in [1.165, 1.54) is 99.5 Å². The standard InChI is InChI=1S/C56H35NO/c1-3-14-35(15-4-1)37-26-30-50-44(32-37)45-33-38(36-16-5-2-6-17-36)27-31-51(45)57(50)34-39-18-13-24-48-53(39)42-20-7-10-22-46(42)56(48)47-23-11-8-21-43(47)54-49(56)29-28-41-40-19-9-12-25-52(40)58-55(41)54/h1-33H,34H2. The minimum absolute atomic E-state index is 0.475. The smallest absolute Gasteiger partial charge is 0.143 e. The lowest BCUT2D eigenvalue weighted by Gasteiger charge is -2.30. The minimum atomic E-state index is -0.475. The van der Waals surface area contributed by atoms with Crippen molar-refractivity contribution < 1.29 is 4.42 Å². The van der Waals surface area contributed by atoms with Gasteiger partial charge in [0, 0.05) is 44.7 Å². The first-order valence-electron chi connectivity index (χ1n) is 20.2. The van der Waals surface area contributed by atoms with Crippen LogP contribution in [0.1, 0.15) is 27.8 Å². The lowest BCUT2D eigenvalue weighted by Crippen LogP contribution is -2.25. The predicted molar refractivity (Wildman–Crippen MR) is 239 cm³/mol. The van der Waals surface area contributed by atoms with E-state index in [2.05, 4.69) is 205 Å². The van der Waals surface area contributed by atoms with Gasteiger partial charge < -0.3 is 8.98 Å². The summed E-state index contributed by atoms with van der Waals surface area (Å²) in [5.41, 5.74) is 20.5. The summed E-state index contributed by atoms with van der Waals surface area (Å²) < 4.78 is 9.32. The molecule has 0 saturated heterocycles. The molecule has 2 heterocycles. The van der Waals surface area contributed by atoms with Crippen LogP contribution in [0.15, 0.2) is 205 Å². The van der Waals surface area contributed by atoms with Crippen LogP contribution in [0.25, 0.3) is 88.3 Å². The van der Waals surface area contributed by atoms with Crippen molar-refractivity contribution in [3.63, 3.8) is 0 Å². The summed E-state index contributed by atoms with van der Waals surface area (Å²) in [5, 5.41) is 4.86. The third-order valence-electron chi connectivity index (χ3n) is 13.1. The molecule has 2 aliphatic rings. The molecule has 2 heteroatoms. The Kier molecular flexibility index (Phi) is 6.46. The highest BCUT2D eigenvalue weighted by Gasteiger charge is 2.53. The van der Waals surface area contributed by atoms with Crippen molar-refractivity contribution >= 4 is 43.7 Å². The van der Waals surface area contributed by atoms with Crippen molar-refractivity contribution in [2.45, 2.75) is 12.0 Å². The summed E-state index contributed by atoms with van der Waals surface area (Å²) in [7, 11) is 0. The van der Waals surface area contributed by atoms with Gasteiger partial charge in [-0.3, -0.25) is 0 Å². The van der Waals surface area contributed by atoms with Gasteiger partial charge in [-0.25, -0.2) is 0 Å². The van der Waals surface area contributed by atoms with Crippen LogP contribution < -0.4 is 0 Å². The first-order valence-corrected chi connectivity index (χ1v) is 20.2. The van der Waals surface area contributed by atoms with Crippen LogP contribution in [0.2, 0.25) is 0 Å². The van der Waals surface area contributed by atoms with E-state index in [4.69, 9.17) is 4.42 Å². The van der Waals surface area contributed by atoms with Gasteiger partial charge in [0.25, 0.3) is 0 Å². The van der Waals surface area contributed by atoms with Crippen LogP contribution in [0.4, 0.5) is 0 Å². The molecule has 1 unspecified atom stereocenters. The van der Waals surface area contributed by atoms with Crippen LogP contribution in [-0.2, 0) is 12.0 Å². The molecule has 0 radical (unpaired) electrons. The Hall–Kier alpha value is -7.42. The number of fused-ring (bicyclic) bond motifs is 17. The number of nitrogens with zero attached hydrogens (tertiary/aromatic N) is 1. The fraction of sp³-hybridized carbons (Fsp3) is 0.0357. The first-order chi connectivity index (χ1) is 28.8. The monoisotopic (exact) mass is 737 g/mol. The number of furan rings is 1. The Balaban J connectivity index is 1.06. The van der Waals surface area contributed by atoms with E-state index >= 15 is 0 Å². The predicted octanol–water partition coefficient (Wildman–Crippen LogP) is 14.4. The fourth-order valence-electron chi connectivity index (χ4n) is 10.7. The van der Waals surface area contributed by atoms with Gasteiger partial charge in [0.1, 0.15) is 11.2 Å². The molecule has 2 aliphatic carbocycles. The van der Waals surface area contributed by atoms with Gasteiger partial charge in [0.15, 0.2) is 0 Å². The SMILES string of the molecule is c1ccc(-c2ccc3c(c2)c2cc(-c4ccccc4)ccc2n3Cc2cccc3c2-c2ccccc2C32c3ccccc3-c3c2ccc2c3oc3ccccc32)cc1. The average Bonchev–Trinajstić information content (AvgIpc) is 4.01. The molecule has 1 spiro atoms. The summed E-state index contributed by atoms with van der Waals surface area (Å²) >= 11 is 0. The van der Waals surface area contributed by atoms with Crippen molar-refractivity contribution in [1.82, 2.24) is 4.57 Å². The Morgan fingerprint density at radius 2 is 0.931 bits per heavy atom. The molecule has 9 aromatic carbocycles. The van der Waals surface area contributed by atoms with Crippen molar-refractivity contribution in [1.29, 1.82) is 0 Å². The third kappa shape index (κ3) is 4.16. The van der Waals surface area contributed by atoms with E-state index in [9.17, 15) is 0 Å². The highest BCUT2D eigenvalue weighted by atomic mass is 16.3. The van der Waals surface area contributed by atoms with Crippen molar-refractivity contribution in [2.75, 3.05) is 0 Å². The van der Waals surface area contributed by atoms with Gasteiger partial charge in [-0.05, 0) is 97.1 Å². The number of para-hydroxylation sites is 1. The van der Waals surface area contributed by atoms with Crippen molar-refractivity contribution in [3.05, 3.63) is 228 Å². The maximum atomic E-state index is 6.78.